The van der Waals surface area contributed by atoms with E-state index in [0.29, 0.717) is 13.0 Å². The van der Waals surface area contributed by atoms with E-state index in [0.717, 1.165) is 17.8 Å². The van der Waals surface area contributed by atoms with Gasteiger partial charge in [0.25, 0.3) is 0 Å². The van der Waals surface area contributed by atoms with Crippen LogP contribution in [0.25, 0.3) is 5.52 Å². The fraction of sp³-hybridized carbons (Fsp3) is 0.263. The number of imidazole rings is 1. The second-order valence-electron chi connectivity index (χ2n) is 5.79. The maximum absolute atomic E-state index is 12.1. The lowest BCUT2D eigenvalue weighted by molar-refractivity contribution is -0.121. The van der Waals surface area contributed by atoms with Crippen LogP contribution in [0.5, 0.6) is 0 Å². The standard InChI is InChI=1S/C19H21N3O/c1-15(16-7-3-2-4-8-16)13-19(23)20-11-10-18-21-14-17-9-5-6-12-22(17)18/h2-9,12,14-15H,10-11,13H2,1H3,(H,20,23). The van der Waals surface area contributed by atoms with Gasteiger partial charge in [-0.1, -0.05) is 43.3 Å². The minimum Gasteiger partial charge on any atom is -0.356 e. The van der Waals surface area contributed by atoms with Gasteiger partial charge in [0, 0.05) is 25.6 Å². The number of amides is 1. The quantitative estimate of drug-likeness (QED) is 0.760. The number of nitrogens with one attached hydrogen (secondary N) is 1. The Balaban J connectivity index is 1.50. The van der Waals surface area contributed by atoms with Gasteiger partial charge in [-0.3, -0.25) is 4.79 Å². The minimum atomic E-state index is 0.0854. The summed E-state index contributed by atoms with van der Waals surface area (Å²) >= 11 is 0. The van der Waals surface area contributed by atoms with Gasteiger partial charge in [-0.25, -0.2) is 4.98 Å². The fourth-order valence-corrected chi connectivity index (χ4v) is 2.75. The topological polar surface area (TPSA) is 46.4 Å². The Morgan fingerprint density at radius 1 is 1.17 bits per heavy atom. The van der Waals surface area contributed by atoms with E-state index in [4.69, 9.17) is 0 Å². The summed E-state index contributed by atoms with van der Waals surface area (Å²) in [5.74, 6) is 1.28. The zero-order valence-electron chi connectivity index (χ0n) is 13.3. The lowest BCUT2D eigenvalue weighted by atomic mass is 9.97. The predicted molar refractivity (Wildman–Crippen MR) is 91.4 cm³/mol. The van der Waals surface area contributed by atoms with Crippen molar-refractivity contribution in [3.05, 3.63) is 72.3 Å². The molecule has 3 rings (SSSR count). The van der Waals surface area contributed by atoms with Gasteiger partial charge in [0.05, 0.1) is 11.7 Å². The van der Waals surface area contributed by atoms with Crippen LogP contribution in [-0.2, 0) is 11.2 Å². The van der Waals surface area contributed by atoms with Crippen molar-refractivity contribution < 1.29 is 4.79 Å². The predicted octanol–water partition coefficient (Wildman–Crippen LogP) is 3.19. The summed E-state index contributed by atoms with van der Waals surface area (Å²) in [6.45, 7) is 2.69. The first-order valence-corrected chi connectivity index (χ1v) is 7.96. The molecule has 2 heterocycles. The molecule has 0 fully saturated rings. The van der Waals surface area contributed by atoms with E-state index in [1.165, 1.54) is 5.56 Å². The third kappa shape index (κ3) is 3.77. The Morgan fingerprint density at radius 2 is 1.96 bits per heavy atom. The Kier molecular flexibility index (Phi) is 4.71. The normalized spacial score (nSPS) is 12.2. The lowest BCUT2D eigenvalue weighted by Crippen LogP contribution is -2.27. The Bertz CT molecular complexity index is 779. The third-order valence-electron chi connectivity index (χ3n) is 4.05. The summed E-state index contributed by atoms with van der Waals surface area (Å²) < 4.78 is 2.05. The molecule has 23 heavy (non-hydrogen) atoms. The van der Waals surface area contributed by atoms with E-state index in [2.05, 4.69) is 33.8 Å². The van der Waals surface area contributed by atoms with Gasteiger partial charge < -0.3 is 9.72 Å². The molecule has 1 aromatic carbocycles. The van der Waals surface area contributed by atoms with Crippen LogP contribution in [0, 0.1) is 0 Å². The second kappa shape index (κ2) is 7.09. The number of carbonyl (C=O) groups excluding carboxylic acids is 1. The van der Waals surface area contributed by atoms with Crippen molar-refractivity contribution in [3.8, 4) is 0 Å². The largest absolute Gasteiger partial charge is 0.356 e. The van der Waals surface area contributed by atoms with Crippen molar-refractivity contribution in [1.29, 1.82) is 0 Å². The summed E-state index contributed by atoms with van der Waals surface area (Å²) in [6.07, 6.45) is 5.08. The van der Waals surface area contributed by atoms with Gasteiger partial charge in [-0.2, -0.15) is 0 Å². The lowest BCUT2D eigenvalue weighted by Gasteiger charge is -2.11. The van der Waals surface area contributed by atoms with Gasteiger partial charge in [0.15, 0.2) is 0 Å². The Hall–Kier alpha value is -2.62. The van der Waals surface area contributed by atoms with Crippen molar-refractivity contribution in [2.75, 3.05) is 6.54 Å². The number of hydrogen-bond acceptors (Lipinski definition) is 2. The average molecular weight is 307 g/mol. The summed E-state index contributed by atoms with van der Waals surface area (Å²) in [7, 11) is 0. The first kappa shape index (κ1) is 15.3. The smallest absolute Gasteiger partial charge is 0.220 e. The van der Waals surface area contributed by atoms with Gasteiger partial charge in [0.1, 0.15) is 5.82 Å². The molecule has 1 N–H and O–H groups in total. The Morgan fingerprint density at radius 3 is 2.78 bits per heavy atom. The highest BCUT2D eigenvalue weighted by atomic mass is 16.1. The van der Waals surface area contributed by atoms with Crippen LogP contribution in [-0.4, -0.2) is 21.8 Å². The van der Waals surface area contributed by atoms with Gasteiger partial charge in [0.2, 0.25) is 5.91 Å². The second-order valence-corrected chi connectivity index (χ2v) is 5.79. The molecule has 0 spiro atoms. The third-order valence-corrected chi connectivity index (χ3v) is 4.05. The highest BCUT2D eigenvalue weighted by molar-refractivity contribution is 5.76. The van der Waals surface area contributed by atoms with Crippen molar-refractivity contribution >= 4 is 11.4 Å². The molecule has 0 bridgehead atoms. The number of rotatable bonds is 6. The fourth-order valence-electron chi connectivity index (χ4n) is 2.75. The number of benzene rings is 1. The highest BCUT2D eigenvalue weighted by Crippen LogP contribution is 2.18. The van der Waals surface area contributed by atoms with Crippen LogP contribution in [0.1, 0.15) is 30.7 Å². The van der Waals surface area contributed by atoms with E-state index in [-0.39, 0.29) is 11.8 Å². The average Bonchev–Trinajstić information content (AvgIpc) is 2.99. The number of hydrogen-bond donors (Lipinski definition) is 1. The molecule has 1 amide bonds. The molecule has 118 valence electrons. The van der Waals surface area contributed by atoms with E-state index >= 15 is 0 Å². The molecular formula is C19H21N3O. The highest BCUT2D eigenvalue weighted by Gasteiger charge is 2.11. The molecule has 0 radical (unpaired) electrons. The van der Waals surface area contributed by atoms with E-state index in [9.17, 15) is 4.79 Å². The van der Waals surface area contributed by atoms with Crippen molar-refractivity contribution in [2.24, 2.45) is 0 Å². The van der Waals surface area contributed by atoms with Crippen molar-refractivity contribution in [1.82, 2.24) is 14.7 Å². The number of nitrogens with zero attached hydrogens (tertiary/aromatic N) is 2. The minimum absolute atomic E-state index is 0.0854. The number of carbonyl (C=O) groups is 1. The maximum atomic E-state index is 12.1. The molecule has 1 atom stereocenters. The SMILES string of the molecule is CC(CC(=O)NCCc1ncc2ccccn12)c1ccccc1. The van der Waals surface area contributed by atoms with Crippen molar-refractivity contribution in [2.45, 2.75) is 25.7 Å². The van der Waals surface area contributed by atoms with E-state index in [1.54, 1.807) is 0 Å². The van der Waals surface area contributed by atoms with Crippen LogP contribution in [0.3, 0.4) is 0 Å². The van der Waals surface area contributed by atoms with Crippen LogP contribution < -0.4 is 5.32 Å². The van der Waals surface area contributed by atoms with Gasteiger partial charge >= 0.3 is 0 Å². The summed E-state index contributed by atoms with van der Waals surface area (Å²) in [5.41, 5.74) is 2.27. The molecule has 0 aliphatic rings. The molecule has 2 aromatic heterocycles. The monoisotopic (exact) mass is 307 g/mol. The maximum Gasteiger partial charge on any atom is 0.220 e. The van der Waals surface area contributed by atoms with E-state index < -0.39 is 0 Å². The summed E-state index contributed by atoms with van der Waals surface area (Å²) in [5, 5.41) is 2.99. The Labute approximate surface area is 136 Å². The first-order chi connectivity index (χ1) is 11.2. The van der Waals surface area contributed by atoms with Crippen LogP contribution in [0.2, 0.25) is 0 Å². The van der Waals surface area contributed by atoms with Crippen LogP contribution in [0.15, 0.2) is 60.9 Å². The van der Waals surface area contributed by atoms with E-state index in [1.807, 2.05) is 48.8 Å². The molecule has 0 saturated carbocycles. The molecule has 0 aliphatic carbocycles. The van der Waals surface area contributed by atoms with Gasteiger partial charge in [-0.15, -0.1) is 0 Å². The van der Waals surface area contributed by atoms with Crippen molar-refractivity contribution in [3.63, 3.8) is 0 Å². The molecule has 4 heteroatoms. The molecular weight excluding hydrogens is 286 g/mol. The molecule has 4 nitrogen and oxygen atoms in total. The number of fused-ring (bicyclic) bond motifs is 1. The molecule has 0 aliphatic heterocycles. The molecule has 1 unspecified atom stereocenters. The zero-order valence-corrected chi connectivity index (χ0v) is 13.3. The zero-order chi connectivity index (χ0) is 16.1. The molecule has 0 saturated heterocycles. The molecule has 3 aromatic rings. The van der Waals surface area contributed by atoms with Crippen LogP contribution in [0.4, 0.5) is 0 Å². The van der Waals surface area contributed by atoms with Crippen LogP contribution >= 0.6 is 0 Å². The number of aromatic nitrogens is 2. The summed E-state index contributed by atoms with van der Waals surface area (Å²) in [6, 6.07) is 16.1. The number of pyridine rings is 1. The summed E-state index contributed by atoms with van der Waals surface area (Å²) in [4.78, 5) is 16.5. The van der Waals surface area contributed by atoms with Gasteiger partial charge in [-0.05, 0) is 23.6 Å². The first-order valence-electron chi connectivity index (χ1n) is 7.96.